The average molecular weight is 561 g/mol. The second-order valence-corrected chi connectivity index (χ2v) is 9.99. The molecule has 216 valence electrons. The number of likely N-dealkylation sites (N-methyl/N-ethyl adjacent to an activating group) is 1. The fourth-order valence-corrected chi connectivity index (χ4v) is 4.82. The highest BCUT2D eigenvalue weighted by Gasteiger charge is 2.46. The van der Waals surface area contributed by atoms with Gasteiger partial charge in [-0.3, -0.25) is 9.59 Å². The number of likely N-dealkylation sites (tertiary alicyclic amines) is 1. The molecule has 1 N–H and O–H groups in total. The SMILES string of the molecule is COc1cc(C2/C(=C(/O)c3ccc(OCc4ccccc4C)cc3)C(=O)C(=O)N2CCN(C)C)cc(OC)c1OC. The van der Waals surface area contributed by atoms with Gasteiger partial charge >= 0.3 is 0 Å². The van der Waals surface area contributed by atoms with E-state index in [0.29, 0.717) is 47.3 Å². The van der Waals surface area contributed by atoms with E-state index in [9.17, 15) is 14.7 Å². The largest absolute Gasteiger partial charge is 0.507 e. The molecular weight excluding hydrogens is 524 g/mol. The summed E-state index contributed by atoms with van der Waals surface area (Å²) < 4.78 is 22.4. The molecule has 1 heterocycles. The molecule has 1 atom stereocenters. The van der Waals surface area contributed by atoms with Crippen LogP contribution >= 0.6 is 0 Å². The van der Waals surface area contributed by atoms with Gasteiger partial charge in [-0.15, -0.1) is 0 Å². The lowest BCUT2D eigenvalue weighted by Crippen LogP contribution is -2.35. The fraction of sp³-hybridized carbons (Fsp3) is 0.312. The van der Waals surface area contributed by atoms with E-state index < -0.39 is 17.7 Å². The summed E-state index contributed by atoms with van der Waals surface area (Å²) in [6.45, 7) is 3.20. The number of carbonyl (C=O) groups is 2. The molecule has 9 heteroatoms. The lowest BCUT2D eigenvalue weighted by molar-refractivity contribution is -0.140. The van der Waals surface area contributed by atoms with Crippen molar-refractivity contribution in [1.82, 2.24) is 9.80 Å². The molecule has 9 nitrogen and oxygen atoms in total. The van der Waals surface area contributed by atoms with Crippen LogP contribution in [0.15, 0.2) is 66.2 Å². The third kappa shape index (κ3) is 6.15. The van der Waals surface area contributed by atoms with E-state index >= 15 is 0 Å². The lowest BCUT2D eigenvalue weighted by Gasteiger charge is -2.27. The molecule has 1 amide bonds. The topological polar surface area (TPSA) is 97.8 Å². The summed E-state index contributed by atoms with van der Waals surface area (Å²) in [5.74, 6) is -0.00164. The molecule has 3 aromatic carbocycles. The number of hydrogen-bond donors (Lipinski definition) is 1. The summed E-state index contributed by atoms with van der Waals surface area (Å²) >= 11 is 0. The zero-order valence-electron chi connectivity index (χ0n) is 24.3. The Hall–Kier alpha value is -4.50. The Morgan fingerprint density at radius 2 is 1.56 bits per heavy atom. The highest BCUT2D eigenvalue weighted by Crippen LogP contribution is 2.45. The number of benzene rings is 3. The summed E-state index contributed by atoms with van der Waals surface area (Å²) in [4.78, 5) is 30.1. The molecule has 0 spiro atoms. The van der Waals surface area contributed by atoms with Gasteiger partial charge in [0.15, 0.2) is 11.5 Å². The van der Waals surface area contributed by atoms with Crippen molar-refractivity contribution >= 4 is 17.4 Å². The standard InChI is InChI=1S/C32H36N2O7/c1-20-9-7-8-10-22(20)19-41-24-13-11-21(12-14-24)29(35)27-28(34(16-15-33(2)3)32(37)30(27)36)23-17-25(38-4)31(40-6)26(18-23)39-5/h7-14,17-18,28,35H,15-16,19H2,1-6H3/b29-27-. The minimum atomic E-state index is -0.874. The monoisotopic (exact) mass is 560 g/mol. The van der Waals surface area contributed by atoms with Crippen LogP contribution in [0.4, 0.5) is 0 Å². The van der Waals surface area contributed by atoms with Gasteiger partial charge in [-0.1, -0.05) is 24.3 Å². The second-order valence-electron chi connectivity index (χ2n) is 9.99. The number of methoxy groups -OCH3 is 3. The number of hydrogen-bond acceptors (Lipinski definition) is 8. The Balaban J connectivity index is 1.74. The number of aryl methyl sites for hydroxylation is 1. The van der Waals surface area contributed by atoms with E-state index in [2.05, 4.69) is 0 Å². The molecular formula is C32H36N2O7. The second kappa shape index (κ2) is 12.8. The quantitative estimate of drug-likeness (QED) is 0.207. The Labute approximate surface area is 240 Å². The van der Waals surface area contributed by atoms with E-state index in [4.69, 9.17) is 18.9 Å². The molecule has 0 aromatic heterocycles. The number of nitrogens with zero attached hydrogens (tertiary/aromatic N) is 2. The number of ketones is 1. The molecule has 1 fully saturated rings. The van der Waals surface area contributed by atoms with Crippen molar-refractivity contribution in [3.8, 4) is 23.0 Å². The summed E-state index contributed by atoms with van der Waals surface area (Å²) in [5, 5.41) is 11.5. The highest BCUT2D eigenvalue weighted by molar-refractivity contribution is 6.46. The highest BCUT2D eigenvalue weighted by atomic mass is 16.5. The van der Waals surface area contributed by atoms with E-state index in [1.54, 1.807) is 36.4 Å². The molecule has 41 heavy (non-hydrogen) atoms. The maximum absolute atomic E-state index is 13.4. The van der Waals surface area contributed by atoms with Crippen molar-refractivity contribution in [3.63, 3.8) is 0 Å². The number of amides is 1. The molecule has 1 aliphatic rings. The first-order valence-corrected chi connectivity index (χ1v) is 13.2. The van der Waals surface area contributed by atoms with Gasteiger partial charge in [0, 0.05) is 18.7 Å². The van der Waals surface area contributed by atoms with Crippen LogP contribution < -0.4 is 18.9 Å². The first kappa shape index (κ1) is 29.5. The molecule has 1 saturated heterocycles. The van der Waals surface area contributed by atoms with E-state index in [0.717, 1.165) is 11.1 Å². The van der Waals surface area contributed by atoms with Crippen molar-refractivity contribution in [2.24, 2.45) is 0 Å². The fourth-order valence-electron chi connectivity index (χ4n) is 4.82. The van der Waals surface area contributed by atoms with E-state index in [1.165, 1.54) is 26.2 Å². The first-order chi connectivity index (χ1) is 19.7. The minimum Gasteiger partial charge on any atom is -0.507 e. The van der Waals surface area contributed by atoms with Crippen LogP contribution in [0, 0.1) is 6.92 Å². The molecule has 0 bridgehead atoms. The molecule has 0 saturated carbocycles. The zero-order valence-corrected chi connectivity index (χ0v) is 24.3. The summed E-state index contributed by atoms with van der Waals surface area (Å²) in [7, 11) is 8.25. The number of carbonyl (C=O) groups excluding carboxylic acids is 2. The van der Waals surface area contributed by atoms with Gasteiger partial charge in [-0.25, -0.2) is 0 Å². The summed E-state index contributed by atoms with van der Waals surface area (Å²) in [6, 6.07) is 17.3. The zero-order chi connectivity index (χ0) is 29.7. The summed E-state index contributed by atoms with van der Waals surface area (Å²) in [6.07, 6.45) is 0. The smallest absolute Gasteiger partial charge is 0.295 e. The van der Waals surface area contributed by atoms with Crippen molar-refractivity contribution in [2.75, 3.05) is 48.5 Å². The number of aliphatic hydroxyl groups excluding tert-OH is 1. The predicted molar refractivity (Wildman–Crippen MR) is 156 cm³/mol. The Bertz CT molecular complexity index is 1420. The first-order valence-electron chi connectivity index (χ1n) is 13.2. The van der Waals surface area contributed by atoms with Crippen LogP contribution in [0.5, 0.6) is 23.0 Å². The van der Waals surface area contributed by atoms with Gasteiger partial charge in [0.1, 0.15) is 18.1 Å². The molecule has 1 aliphatic heterocycles. The third-order valence-electron chi connectivity index (χ3n) is 7.11. The number of aliphatic hydroxyl groups is 1. The third-order valence-corrected chi connectivity index (χ3v) is 7.11. The van der Waals surface area contributed by atoms with Gasteiger partial charge in [0.2, 0.25) is 5.75 Å². The Morgan fingerprint density at radius 3 is 2.12 bits per heavy atom. The average Bonchev–Trinajstić information content (AvgIpc) is 3.23. The lowest BCUT2D eigenvalue weighted by atomic mass is 9.94. The van der Waals surface area contributed by atoms with Crippen LogP contribution in [0.25, 0.3) is 5.76 Å². The van der Waals surface area contributed by atoms with Crippen LogP contribution in [0.1, 0.15) is 28.3 Å². The van der Waals surface area contributed by atoms with Gasteiger partial charge < -0.3 is 33.9 Å². The van der Waals surface area contributed by atoms with Crippen LogP contribution in [-0.2, 0) is 16.2 Å². The maximum Gasteiger partial charge on any atom is 0.295 e. The van der Waals surface area contributed by atoms with Crippen molar-refractivity contribution in [1.29, 1.82) is 0 Å². The number of ether oxygens (including phenoxy) is 4. The van der Waals surface area contributed by atoms with Crippen molar-refractivity contribution < 1.29 is 33.6 Å². The predicted octanol–water partition coefficient (Wildman–Crippen LogP) is 4.58. The van der Waals surface area contributed by atoms with Crippen LogP contribution in [0.3, 0.4) is 0 Å². The molecule has 1 unspecified atom stereocenters. The van der Waals surface area contributed by atoms with Crippen molar-refractivity contribution in [3.05, 3.63) is 88.5 Å². The van der Waals surface area contributed by atoms with E-state index in [1.807, 2.05) is 50.2 Å². The van der Waals surface area contributed by atoms with Gasteiger partial charge in [-0.2, -0.15) is 0 Å². The molecule has 0 aliphatic carbocycles. The van der Waals surface area contributed by atoms with Crippen molar-refractivity contribution in [2.45, 2.75) is 19.6 Å². The van der Waals surface area contributed by atoms with Crippen LogP contribution in [-0.4, -0.2) is 75.1 Å². The minimum absolute atomic E-state index is 0.0170. The van der Waals surface area contributed by atoms with Gasteiger partial charge in [-0.05, 0) is 74.1 Å². The summed E-state index contributed by atoms with van der Waals surface area (Å²) in [5.41, 5.74) is 3.11. The van der Waals surface area contributed by atoms with Gasteiger partial charge in [0.25, 0.3) is 11.7 Å². The normalized spacial score (nSPS) is 16.3. The molecule has 0 radical (unpaired) electrons. The Kier molecular flexibility index (Phi) is 9.19. The number of Topliss-reactive ketones (excluding diaryl/α,β-unsaturated/α-hetero) is 1. The van der Waals surface area contributed by atoms with Gasteiger partial charge in [0.05, 0.1) is 32.9 Å². The maximum atomic E-state index is 13.4. The number of rotatable bonds is 11. The molecule has 3 aromatic rings. The Morgan fingerprint density at radius 1 is 0.927 bits per heavy atom. The van der Waals surface area contributed by atoms with Crippen LogP contribution in [0.2, 0.25) is 0 Å². The van der Waals surface area contributed by atoms with E-state index in [-0.39, 0.29) is 17.9 Å². The molecule has 4 rings (SSSR count).